The van der Waals surface area contributed by atoms with Gasteiger partial charge in [-0.2, -0.15) is 10.5 Å². The van der Waals surface area contributed by atoms with Gasteiger partial charge in [0.15, 0.2) is 0 Å². The number of nitriles is 2. The highest BCUT2D eigenvalue weighted by molar-refractivity contribution is 5.50. The highest BCUT2D eigenvalue weighted by Crippen LogP contribution is 2.15. The molecule has 2 rings (SSSR count). The summed E-state index contributed by atoms with van der Waals surface area (Å²) in [6.07, 6.45) is 1.44. The first-order chi connectivity index (χ1) is 10.1. The van der Waals surface area contributed by atoms with Crippen LogP contribution >= 0.6 is 0 Å². The highest BCUT2D eigenvalue weighted by Gasteiger charge is 2.08. The fourth-order valence-corrected chi connectivity index (χ4v) is 1.92. The van der Waals surface area contributed by atoms with Crippen molar-refractivity contribution in [3.8, 4) is 17.8 Å². The maximum absolute atomic E-state index is 9.28. The van der Waals surface area contributed by atoms with Crippen molar-refractivity contribution in [3.05, 3.63) is 41.5 Å². The van der Waals surface area contributed by atoms with E-state index < -0.39 is 0 Å². The quantitative estimate of drug-likeness (QED) is 0.901. The molecule has 0 aliphatic carbocycles. The molecule has 0 amide bonds. The lowest BCUT2D eigenvalue weighted by Crippen LogP contribution is -2.19. The Hall–Kier alpha value is -2.70. The molecule has 0 fully saturated rings. The van der Waals surface area contributed by atoms with Crippen LogP contribution in [0.15, 0.2) is 24.5 Å². The number of hydrogen-bond donors (Lipinski definition) is 1. The van der Waals surface area contributed by atoms with E-state index >= 15 is 0 Å². The first-order valence-electron chi connectivity index (χ1n) is 6.70. The van der Waals surface area contributed by atoms with E-state index in [0.29, 0.717) is 23.7 Å². The van der Waals surface area contributed by atoms with Crippen LogP contribution in [0.1, 0.15) is 30.8 Å². The van der Waals surface area contributed by atoms with Gasteiger partial charge < -0.3 is 5.32 Å². The minimum atomic E-state index is 0.0848. The van der Waals surface area contributed by atoms with Gasteiger partial charge in [-0.05, 0) is 30.2 Å². The summed E-state index contributed by atoms with van der Waals surface area (Å²) in [5.74, 6) is 0.667. The molecule has 2 aromatic rings. The van der Waals surface area contributed by atoms with Crippen LogP contribution in [-0.4, -0.2) is 21.3 Å². The minimum absolute atomic E-state index is 0.0848. The summed E-state index contributed by atoms with van der Waals surface area (Å²) >= 11 is 0. The van der Waals surface area contributed by atoms with Crippen molar-refractivity contribution in [3.63, 3.8) is 0 Å². The Bertz CT molecular complexity index is 702. The fraction of sp³-hybridized carbons (Fsp3) is 0.333. The Balaban J connectivity index is 2.21. The van der Waals surface area contributed by atoms with Gasteiger partial charge in [-0.15, -0.1) is 5.10 Å². The molecule has 0 bridgehead atoms. The third-order valence-corrected chi connectivity index (χ3v) is 2.90. The first kappa shape index (κ1) is 14.7. The van der Waals surface area contributed by atoms with Crippen molar-refractivity contribution in [2.75, 3.05) is 6.54 Å². The van der Waals surface area contributed by atoms with Gasteiger partial charge in [-0.3, -0.25) is 0 Å². The molecule has 0 aliphatic rings. The van der Waals surface area contributed by atoms with Gasteiger partial charge in [0.1, 0.15) is 18.5 Å². The molecule has 1 heterocycles. The Morgan fingerprint density at radius 1 is 1.29 bits per heavy atom. The summed E-state index contributed by atoms with van der Waals surface area (Å²) in [4.78, 5) is 3.85. The van der Waals surface area contributed by atoms with Crippen LogP contribution in [-0.2, 0) is 6.54 Å². The molecule has 0 unspecified atom stereocenters. The van der Waals surface area contributed by atoms with Crippen LogP contribution < -0.4 is 5.32 Å². The largest absolute Gasteiger partial charge is 0.312 e. The maximum atomic E-state index is 9.28. The summed E-state index contributed by atoms with van der Waals surface area (Å²) in [5, 5.41) is 25.4. The van der Waals surface area contributed by atoms with Crippen LogP contribution in [0, 0.1) is 28.6 Å². The number of benzene rings is 1. The van der Waals surface area contributed by atoms with Crippen molar-refractivity contribution in [2.24, 2.45) is 5.92 Å². The van der Waals surface area contributed by atoms with Gasteiger partial charge in [0.25, 0.3) is 5.82 Å². The van der Waals surface area contributed by atoms with E-state index in [2.05, 4.69) is 35.3 Å². The van der Waals surface area contributed by atoms with E-state index in [1.807, 2.05) is 24.3 Å². The van der Waals surface area contributed by atoms with E-state index in [-0.39, 0.29) is 5.82 Å². The molecule has 0 atom stereocenters. The SMILES string of the molecule is CC(C)CNCc1ccc(-n2cnc(C#N)n2)c(C#N)c1. The Morgan fingerprint density at radius 2 is 2.10 bits per heavy atom. The van der Waals surface area contributed by atoms with Crippen LogP contribution in [0.3, 0.4) is 0 Å². The van der Waals surface area contributed by atoms with Gasteiger partial charge in [0.2, 0.25) is 0 Å². The van der Waals surface area contributed by atoms with Crippen molar-refractivity contribution in [1.82, 2.24) is 20.1 Å². The molecule has 0 saturated heterocycles. The molecule has 1 aromatic carbocycles. The lowest BCUT2D eigenvalue weighted by Gasteiger charge is -2.09. The molecule has 21 heavy (non-hydrogen) atoms. The molecule has 0 radical (unpaired) electrons. The zero-order valence-electron chi connectivity index (χ0n) is 12.0. The van der Waals surface area contributed by atoms with Crippen molar-refractivity contribution < 1.29 is 0 Å². The number of nitrogens with zero attached hydrogens (tertiary/aromatic N) is 5. The van der Waals surface area contributed by atoms with Gasteiger partial charge in [0.05, 0.1) is 11.3 Å². The minimum Gasteiger partial charge on any atom is -0.312 e. The van der Waals surface area contributed by atoms with Gasteiger partial charge in [-0.1, -0.05) is 19.9 Å². The molecule has 0 saturated carbocycles. The molecule has 106 valence electrons. The zero-order valence-corrected chi connectivity index (χ0v) is 12.0. The summed E-state index contributed by atoms with van der Waals surface area (Å²) < 4.78 is 1.45. The summed E-state index contributed by atoms with van der Waals surface area (Å²) in [6.45, 7) is 5.94. The summed E-state index contributed by atoms with van der Waals surface area (Å²) in [5.41, 5.74) is 2.17. The third-order valence-electron chi connectivity index (χ3n) is 2.90. The average molecular weight is 280 g/mol. The number of rotatable bonds is 5. The van der Waals surface area contributed by atoms with Crippen molar-refractivity contribution >= 4 is 0 Å². The predicted octanol–water partition coefficient (Wildman–Crippen LogP) is 1.76. The highest BCUT2D eigenvalue weighted by atomic mass is 15.3. The molecule has 0 spiro atoms. The van der Waals surface area contributed by atoms with Crippen LogP contribution in [0.2, 0.25) is 0 Å². The second-order valence-corrected chi connectivity index (χ2v) is 5.11. The van der Waals surface area contributed by atoms with Gasteiger partial charge in [0, 0.05) is 6.54 Å². The van der Waals surface area contributed by atoms with Crippen molar-refractivity contribution in [2.45, 2.75) is 20.4 Å². The van der Waals surface area contributed by atoms with Crippen molar-refractivity contribution in [1.29, 1.82) is 10.5 Å². The molecule has 0 aliphatic heterocycles. The van der Waals surface area contributed by atoms with Crippen LogP contribution in [0.4, 0.5) is 0 Å². The average Bonchev–Trinajstić information content (AvgIpc) is 2.95. The lowest BCUT2D eigenvalue weighted by molar-refractivity contribution is 0.552. The normalized spacial score (nSPS) is 10.3. The van der Waals surface area contributed by atoms with Crippen LogP contribution in [0.5, 0.6) is 0 Å². The Labute approximate surface area is 123 Å². The summed E-state index contributed by atoms with van der Waals surface area (Å²) in [7, 11) is 0. The zero-order chi connectivity index (χ0) is 15.2. The Kier molecular flexibility index (Phi) is 4.65. The third kappa shape index (κ3) is 3.65. The Morgan fingerprint density at radius 3 is 2.71 bits per heavy atom. The van der Waals surface area contributed by atoms with Gasteiger partial charge >= 0.3 is 0 Å². The molecule has 1 aromatic heterocycles. The molecule has 6 nitrogen and oxygen atoms in total. The fourth-order valence-electron chi connectivity index (χ4n) is 1.92. The second-order valence-electron chi connectivity index (χ2n) is 5.11. The topological polar surface area (TPSA) is 90.3 Å². The van der Waals surface area contributed by atoms with Gasteiger partial charge in [-0.25, -0.2) is 9.67 Å². The number of hydrogen-bond acceptors (Lipinski definition) is 5. The predicted molar refractivity (Wildman–Crippen MR) is 77.3 cm³/mol. The van der Waals surface area contributed by atoms with E-state index in [1.54, 1.807) is 0 Å². The monoisotopic (exact) mass is 280 g/mol. The van der Waals surface area contributed by atoms with E-state index in [9.17, 15) is 5.26 Å². The summed E-state index contributed by atoms with van der Waals surface area (Å²) in [6, 6.07) is 9.62. The van der Waals surface area contributed by atoms with E-state index in [4.69, 9.17) is 5.26 Å². The molecule has 1 N–H and O–H groups in total. The van der Waals surface area contributed by atoms with E-state index in [1.165, 1.54) is 11.0 Å². The smallest absolute Gasteiger partial charge is 0.252 e. The number of nitrogens with one attached hydrogen (secondary N) is 1. The lowest BCUT2D eigenvalue weighted by atomic mass is 10.1. The van der Waals surface area contributed by atoms with E-state index in [0.717, 1.165) is 12.1 Å². The molecule has 6 heteroatoms. The molecular formula is C15H16N6. The standard InChI is InChI=1S/C15H16N6/c1-11(2)8-18-9-12-3-4-14(13(5-12)6-16)21-10-19-15(7-17)20-21/h3-5,10-11,18H,8-9H2,1-2H3. The maximum Gasteiger partial charge on any atom is 0.252 e. The first-order valence-corrected chi connectivity index (χ1v) is 6.70. The molecular weight excluding hydrogens is 264 g/mol. The van der Waals surface area contributed by atoms with Crippen LogP contribution in [0.25, 0.3) is 5.69 Å². The second kappa shape index (κ2) is 6.65. The number of aromatic nitrogens is 3.